The van der Waals surface area contributed by atoms with Crippen LogP contribution >= 0.6 is 0 Å². The number of hydrogen-bond donors (Lipinski definition) is 2. The molecule has 0 aromatic heterocycles. The fourth-order valence-corrected chi connectivity index (χ4v) is 4.78. The van der Waals surface area contributed by atoms with Gasteiger partial charge in [0, 0.05) is 31.6 Å². The largest absolute Gasteiger partial charge is 0.356 e. The standard InChI is InChI=1S/C22H31N3O4S/c23-30(28,29)19-12-10-17(11-13-19)14-15-24-21(26)8-3-9-22(27)25-16-4-6-18-5-1-2-7-20(18)25/h7,10-13,18H,1-6,8-9,14-16H2,(H,24,26)(H2,23,28,29). The maximum atomic E-state index is 12.6. The molecule has 0 spiro atoms. The predicted molar refractivity (Wildman–Crippen MR) is 115 cm³/mol. The van der Waals surface area contributed by atoms with Crippen LogP contribution in [0, 0.1) is 5.92 Å². The number of fused-ring (bicyclic) bond motifs is 1. The smallest absolute Gasteiger partial charge is 0.238 e. The molecule has 1 aromatic carbocycles. The zero-order valence-corrected chi connectivity index (χ0v) is 18.1. The van der Waals surface area contributed by atoms with E-state index in [2.05, 4.69) is 11.4 Å². The molecule has 0 bridgehead atoms. The van der Waals surface area contributed by atoms with Crippen molar-refractivity contribution in [1.29, 1.82) is 0 Å². The van der Waals surface area contributed by atoms with Gasteiger partial charge in [0.1, 0.15) is 0 Å². The van der Waals surface area contributed by atoms with E-state index in [4.69, 9.17) is 5.14 Å². The summed E-state index contributed by atoms with van der Waals surface area (Å²) in [4.78, 5) is 26.7. The lowest BCUT2D eigenvalue weighted by molar-refractivity contribution is -0.130. The lowest BCUT2D eigenvalue weighted by Gasteiger charge is -2.38. The topological polar surface area (TPSA) is 110 Å². The highest BCUT2D eigenvalue weighted by Gasteiger charge is 2.29. The highest BCUT2D eigenvalue weighted by atomic mass is 32.2. The van der Waals surface area contributed by atoms with Gasteiger partial charge in [-0.3, -0.25) is 9.59 Å². The van der Waals surface area contributed by atoms with Crippen molar-refractivity contribution in [2.75, 3.05) is 13.1 Å². The highest BCUT2D eigenvalue weighted by molar-refractivity contribution is 7.89. The predicted octanol–water partition coefficient (Wildman–Crippen LogP) is 2.47. The van der Waals surface area contributed by atoms with Gasteiger partial charge in [0.25, 0.3) is 0 Å². The van der Waals surface area contributed by atoms with Gasteiger partial charge in [-0.05, 0) is 68.6 Å². The van der Waals surface area contributed by atoms with E-state index in [0.29, 0.717) is 38.1 Å². The molecule has 30 heavy (non-hydrogen) atoms. The Morgan fingerprint density at radius 1 is 1.10 bits per heavy atom. The molecule has 2 amide bonds. The Bertz CT molecular complexity index is 893. The van der Waals surface area contributed by atoms with Crippen LogP contribution in [0.2, 0.25) is 0 Å². The van der Waals surface area contributed by atoms with E-state index >= 15 is 0 Å². The number of nitrogens with zero attached hydrogens (tertiary/aromatic N) is 1. The summed E-state index contributed by atoms with van der Waals surface area (Å²) in [5.74, 6) is 0.603. The van der Waals surface area contributed by atoms with Crippen molar-refractivity contribution in [3.63, 3.8) is 0 Å². The number of benzene rings is 1. The van der Waals surface area contributed by atoms with Crippen LogP contribution in [0.4, 0.5) is 0 Å². The Balaban J connectivity index is 1.36. The summed E-state index contributed by atoms with van der Waals surface area (Å²) in [5, 5.41) is 7.94. The molecule has 8 heteroatoms. The molecule has 0 saturated carbocycles. The van der Waals surface area contributed by atoms with Gasteiger partial charge < -0.3 is 10.2 Å². The number of carbonyl (C=O) groups excluding carboxylic acids is 2. The van der Waals surface area contributed by atoms with Crippen molar-refractivity contribution >= 4 is 21.8 Å². The summed E-state index contributed by atoms with van der Waals surface area (Å²) in [6, 6.07) is 6.31. The first-order chi connectivity index (χ1) is 14.3. The quantitative estimate of drug-likeness (QED) is 0.656. The van der Waals surface area contributed by atoms with Crippen molar-refractivity contribution in [1.82, 2.24) is 10.2 Å². The second-order valence-electron chi connectivity index (χ2n) is 8.09. The number of primary sulfonamides is 1. The van der Waals surface area contributed by atoms with Gasteiger partial charge in [-0.25, -0.2) is 13.6 Å². The van der Waals surface area contributed by atoms with Crippen LogP contribution in [0.1, 0.15) is 56.9 Å². The molecule has 3 rings (SSSR count). The maximum absolute atomic E-state index is 12.6. The highest BCUT2D eigenvalue weighted by Crippen LogP contribution is 2.35. The first kappa shape index (κ1) is 22.5. The zero-order valence-electron chi connectivity index (χ0n) is 17.3. The summed E-state index contributed by atoms with van der Waals surface area (Å²) in [7, 11) is -3.69. The number of piperidine rings is 1. The maximum Gasteiger partial charge on any atom is 0.238 e. The molecule has 1 fully saturated rings. The SMILES string of the molecule is NS(=O)(=O)c1ccc(CCNC(=O)CCCC(=O)N2CCCC3CCCC=C32)cc1. The van der Waals surface area contributed by atoms with E-state index in [1.807, 2.05) is 4.90 Å². The first-order valence-electron chi connectivity index (χ1n) is 10.7. The lowest BCUT2D eigenvalue weighted by Crippen LogP contribution is -2.39. The molecule has 1 unspecified atom stereocenters. The van der Waals surface area contributed by atoms with Gasteiger partial charge in [0.15, 0.2) is 0 Å². The number of sulfonamides is 1. The van der Waals surface area contributed by atoms with E-state index < -0.39 is 10.0 Å². The van der Waals surface area contributed by atoms with Gasteiger partial charge in [-0.1, -0.05) is 18.2 Å². The number of carbonyl (C=O) groups is 2. The van der Waals surface area contributed by atoms with E-state index in [0.717, 1.165) is 24.9 Å². The van der Waals surface area contributed by atoms with E-state index in [9.17, 15) is 18.0 Å². The van der Waals surface area contributed by atoms with E-state index in [-0.39, 0.29) is 16.7 Å². The van der Waals surface area contributed by atoms with E-state index in [1.54, 1.807) is 12.1 Å². The molecule has 1 aliphatic heterocycles. The monoisotopic (exact) mass is 433 g/mol. The second kappa shape index (κ2) is 10.2. The third-order valence-electron chi connectivity index (χ3n) is 5.86. The molecule has 2 aliphatic rings. The number of rotatable bonds is 8. The summed E-state index contributed by atoms with van der Waals surface area (Å²) in [6.45, 7) is 1.26. The Morgan fingerprint density at radius 2 is 1.83 bits per heavy atom. The molecule has 1 saturated heterocycles. The summed E-state index contributed by atoms with van der Waals surface area (Å²) < 4.78 is 22.5. The minimum Gasteiger partial charge on any atom is -0.356 e. The summed E-state index contributed by atoms with van der Waals surface area (Å²) >= 11 is 0. The van der Waals surface area contributed by atoms with Gasteiger partial charge in [0.2, 0.25) is 21.8 Å². The normalized spacial score (nSPS) is 19.0. The van der Waals surface area contributed by atoms with Crippen LogP contribution in [-0.2, 0) is 26.0 Å². The fraction of sp³-hybridized carbons (Fsp3) is 0.545. The molecule has 0 radical (unpaired) electrons. The van der Waals surface area contributed by atoms with Crippen LogP contribution in [-0.4, -0.2) is 38.2 Å². The van der Waals surface area contributed by atoms with Crippen LogP contribution in [0.5, 0.6) is 0 Å². The van der Waals surface area contributed by atoms with Crippen LogP contribution in [0.15, 0.2) is 40.9 Å². The fourth-order valence-electron chi connectivity index (χ4n) is 4.26. The molecule has 7 nitrogen and oxygen atoms in total. The van der Waals surface area contributed by atoms with Crippen LogP contribution in [0.3, 0.4) is 0 Å². The molecule has 3 N–H and O–H groups in total. The van der Waals surface area contributed by atoms with Gasteiger partial charge >= 0.3 is 0 Å². The Hall–Kier alpha value is -2.19. The number of likely N-dealkylation sites (tertiary alicyclic amines) is 1. The van der Waals surface area contributed by atoms with Crippen molar-refractivity contribution in [3.05, 3.63) is 41.6 Å². The molecule has 1 aromatic rings. The number of hydrogen-bond acceptors (Lipinski definition) is 4. The second-order valence-corrected chi connectivity index (χ2v) is 9.65. The van der Waals surface area contributed by atoms with Crippen LogP contribution < -0.4 is 10.5 Å². The summed E-state index contributed by atoms with van der Waals surface area (Å²) in [5.41, 5.74) is 2.13. The third-order valence-corrected chi connectivity index (χ3v) is 6.79. The van der Waals surface area contributed by atoms with Crippen molar-refractivity contribution in [3.8, 4) is 0 Å². The lowest BCUT2D eigenvalue weighted by atomic mass is 9.85. The molecule has 1 aliphatic carbocycles. The molecular formula is C22H31N3O4S. The average molecular weight is 434 g/mol. The number of allylic oxidation sites excluding steroid dienone is 2. The average Bonchev–Trinajstić information content (AvgIpc) is 2.73. The Labute approximate surface area is 178 Å². The Morgan fingerprint density at radius 3 is 2.57 bits per heavy atom. The molecule has 164 valence electrons. The molecule has 1 heterocycles. The Kier molecular flexibility index (Phi) is 7.66. The van der Waals surface area contributed by atoms with Crippen LogP contribution in [0.25, 0.3) is 0 Å². The number of nitrogens with one attached hydrogen (secondary N) is 1. The van der Waals surface area contributed by atoms with Crippen molar-refractivity contribution in [2.45, 2.75) is 62.7 Å². The zero-order chi connectivity index (χ0) is 21.6. The molecular weight excluding hydrogens is 402 g/mol. The third kappa shape index (κ3) is 6.15. The minimum atomic E-state index is -3.69. The van der Waals surface area contributed by atoms with Crippen molar-refractivity contribution in [2.24, 2.45) is 11.1 Å². The number of nitrogens with two attached hydrogens (primary N) is 1. The summed E-state index contributed by atoms with van der Waals surface area (Å²) in [6.07, 6.45) is 9.79. The first-order valence-corrected chi connectivity index (χ1v) is 12.3. The number of amides is 2. The van der Waals surface area contributed by atoms with Crippen molar-refractivity contribution < 1.29 is 18.0 Å². The molecule has 1 atom stereocenters. The minimum absolute atomic E-state index is 0.0719. The van der Waals surface area contributed by atoms with E-state index in [1.165, 1.54) is 37.1 Å². The van der Waals surface area contributed by atoms with Gasteiger partial charge in [0.05, 0.1) is 4.90 Å². The van der Waals surface area contributed by atoms with Gasteiger partial charge in [-0.15, -0.1) is 0 Å². The van der Waals surface area contributed by atoms with Gasteiger partial charge in [-0.2, -0.15) is 0 Å².